The maximum atomic E-state index is 13.2. The molecule has 4 rings (SSSR count). The van der Waals surface area contributed by atoms with Crippen molar-refractivity contribution in [2.75, 3.05) is 39.8 Å². The molecule has 1 amide bonds. The van der Waals surface area contributed by atoms with Crippen LogP contribution in [0.2, 0.25) is 0 Å². The lowest BCUT2D eigenvalue weighted by molar-refractivity contribution is 0.0560. The Morgan fingerprint density at radius 1 is 1.06 bits per heavy atom. The van der Waals surface area contributed by atoms with Crippen LogP contribution in [0.5, 0.6) is 11.5 Å². The van der Waals surface area contributed by atoms with Gasteiger partial charge >= 0.3 is 5.97 Å². The van der Waals surface area contributed by atoms with Crippen LogP contribution in [-0.4, -0.2) is 51.3 Å². The molecule has 0 radical (unpaired) electrons. The highest BCUT2D eigenvalue weighted by molar-refractivity contribution is 6.01. The van der Waals surface area contributed by atoms with E-state index in [-0.39, 0.29) is 18.3 Å². The third-order valence-corrected chi connectivity index (χ3v) is 5.48. The van der Waals surface area contributed by atoms with Crippen molar-refractivity contribution in [3.05, 3.63) is 77.2 Å². The first-order valence-corrected chi connectivity index (χ1v) is 10.7. The SMILES string of the molecule is COCCN1C(=O)c2ccccc2NC1c1ccc(OCc2ccc(C(=O)OC)o2)c(OC)c1. The first-order chi connectivity index (χ1) is 16.5. The minimum Gasteiger partial charge on any atom is -0.493 e. The van der Waals surface area contributed by atoms with Gasteiger partial charge in [-0.15, -0.1) is 0 Å². The van der Waals surface area contributed by atoms with E-state index in [1.54, 1.807) is 37.3 Å². The van der Waals surface area contributed by atoms with Crippen molar-refractivity contribution in [1.82, 2.24) is 4.90 Å². The van der Waals surface area contributed by atoms with Gasteiger partial charge in [0.25, 0.3) is 5.91 Å². The highest BCUT2D eigenvalue weighted by Crippen LogP contribution is 2.37. The lowest BCUT2D eigenvalue weighted by Crippen LogP contribution is -2.44. The molecule has 34 heavy (non-hydrogen) atoms. The van der Waals surface area contributed by atoms with E-state index in [1.807, 2.05) is 30.3 Å². The molecular formula is C25H26N2O7. The molecule has 1 N–H and O–H groups in total. The van der Waals surface area contributed by atoms with Crippen molar-refractivity contribution < 1.29 is 33.0 Å². The predicted octanol–water partition coefficient (Wildman–Crippen LogP) is 3.87. The number of esters is 1. The first-order valence-electron chi connectivity index (χ1n) is 10.7. The molecule has 1 aromatic heterocycles. The average molecular weight is 466 g/mol. The Labute approximate surface area is 197 Å². The zero-order valence-corrected chi connectivity index (χ0v) is 19.2. The molecule has 0 saturated heterocycles. The second-order valence-corrected chi connectivity index (χ2v) is 7.54. The van der Waals surface area contributed by atoms with Crippen molar-refractivity contribution in [1.29, 1.82) is 0 Å². The Bertz CT molecular complexity index is 1170. The minimum atomic E-state index is -0.553. The number of nitrogens with one attached hydrogen (secondary N) is 1. The summed E-state index contributed by atoms with van der Waals surface area (Å²) < 4.78 is 26.7. The number of amides is 1. The average Bonchev–Trinajstić information content (AvgIpc) is 3.35. The Kier molecular flexibility index (Phi) is 7.03. The van der Waals surface area contributed by atoms with Crippen LogP contribution in [0.1, 0.15) is 38.4 Å². The van der Waals surface area contributed by atoms with Crippen molar-refractivity contribution in [2.24, 2.45) is 0 Å². The zero-order valence-electron chi connectivity index (χ0n) is 19.2. The van der Waals surface area contributed by atoms with Gasteiger partial charge in [0.15, 0.2) is 11.5 Å². The van der Waals surface area contributed by atoms with E-state index in [0.29, 0.717) is 36.0 Å². The number of carbonyl (C=O) groups excluding carboxylic acids is 2. The van der Waals surface area contributed by atoms with Gasteiger partial charge in [-0.1, -0.05) is 18.2 Å². The number of ether oxygens (including phenoxy) is 4. The molecular weight excluding hydrogens is 440 g/mol. The Morgan fingerprint density at radius 3 is 2.65 bits per heavy atom. The summed E-state index contributed by atoms with van der Waals surface area (Å²) in [6, 6.07) is 16.1. The number of methoxy groups -OCH3 is 3. The summed E-state index contributed by atoms with van der Waals surface area (Å²) in [4.78, 5) is 26.5. The fraction of sp³-hybridized carbons (Fsp3) is 0.280. The molecule has 9 heteroatoms. The summed E-state index contributed by atoms with van der Waals surface area (Å²) >= 11 is 0. The van der Waals surface area contributed by atoms with Crippen molar-refractivity contribution >= 4 is 17.6 Å². The highest BCUT2D eigenvalue weighted by atomic mass is 16.5. The van der Waals surface area contributed by atoms with Gasteiger partial charge in [0, 0.05) is 19.3 Å². The van der Waals surface area contributed by atoms with Crippen molar-refractivity contribution in [3.8, 4) is 11.5 Å². The van der Waals surface area contributed by atoms with Gasteiger partial charge in [-0.3, -0.25) is 4.79 Å². The fourth-order valence-electron chi connectivity index (χ4n) is 3.76. The van der Waals surface area contributed by atoms with Crippen LogP contribution < -0.4 is 14.8 Å². The zero-order chi connectivity index (χ0) is 24.1. The third-order valence-electron chi connectivity index (χ3n) is 5.48. The van der Waals surface area contributed by atoms with Crippen LogP contribution in [0.3, 0.4) is 0 Å². The number of fused-ring (bicyclic) bond motifs is 1. The largest absolute Gasteiger partial charge is 0.493 e. The summed E-state index contributed by atoms with van der Waals surface area (Å²) in [6.07, 6.45) is -0.409. The number of para-hydroxylation sites is 1. The van der Waals surface area contributed by atoms with E-state index in [2.05, 4.69) is 10.1 Å². The van der Waals surface area contributed by atoms with Crippen LogP contribution in [-0.2, 0) is 16.1 Å². The van der Waals surface area contributed by atoms with Crippen molar-refractivity contribution in [2.45, 2.75) is 12.8 Å². The molecule has 0 bridgehead atoms. The number of hydrogen-bond donors (Lipinski definition) is 1. The quantitative estimate of drug-likeness (QED) is 0.475. The molecule has 3 aromatic rings. The maximum absolute atomic E-state index is 13.2. The van der Waals surface area contributed by atoms with Crippen LogP contribution in [0.15, 0.2) is 59.0 Å². The van der Waals surface area contributed by atoms with E-state index < -0.39 is 12.1 Å². The van der Waals surface area contributed by atoms with E-state index >= 15 is 0 Å². The molecule has 1 aliphatic rings. The lowest BCUT2D eigenvalue weighted by atomic mass is 10.0. The molecule has 2 aromatic carbocycles. The molecule has 178 valence electrons. The van der Waals surface area contributed by atoms with Crippen LogP contribution in [0.25, 0.3) is 0 Å². The van der Waals surface area contributed by atoms with Gasteiger partial charge in [-0.2, -0.15) is 0 Å². The summed E-state index contributed by atoms with van der Waals surface area (Å²) in [7, 11) is 4.44. The summed E-state index contributed by atoms with van der Waals surface area (Å²) in [5, 5.41) is 3.44. The van der Waals surface area contributed by atoms with E-state index in [1.165, 1.54) is 13.2 Å². The smallest absolute Gasteiger partial charge is 0.373 e. The van der Waals surface area contributed by atoms with E-state index in [4.69, 9.17) is 18.6 Å². The molecule has 1 atom stereocenters. The number of benzene rings is 2. The van der Waals surface area contributed by atoms with Gasteiger partial charge < -0.3 is 33.6 Å². The second kappa shape index (κ2) is 10.3. The number of nitrogens with zero attached hydrogens (tertiary/aromatic N) is 1. The maximum Gasteiger partial charge on any atom is 0.373 e. The second-order valence-electron chi connectivity index (χ2n) is 7.54. The molecule has 0 saturated carbocycles. The summed E-state index contributed by atoms with van der Waals surface area (Å²) in [5.74, 6) is 0.934. The van der Waals surface area contributed by atoms with Crippen LogP contribution in [0, 0.1) is 0 Å². The number of hydrogen-bond acceptors (Lipinski definition) is 8. The van der Waals surface area contributed by atoms with Crippen molar-refractivity contribution in [3.63, 3.8) is 0 Å². The Morgan fingerprint density at radius 2 is 1.88 bits per heavy atom. The van der Waals surface area contributed by atoms with Gasteiger partial charge in [0.05, 0.1) is 26.4 Å². The minimum absolute atomic E-state index is 0.0741. The summed E-state index contributed by atoms with van der Waals surface area (Å²) in [6.45, 7) is 0.921. The molecule has 1 unspecified atom stereocenters. The lowest BCUT2D eigenvalue weighted by Gasteiger charge is -2.38. The monoisotopic (exact) mass is 466 g/mol. The fourth-order valence-corrected chi connectivity index (χ4v) is 3.76. The number of anilines is 1. The Balaban J connectivity index is 1.56. The molecule has 2 heterocycles. The molecule has 0 aliphatic carbocycles. The Hall–Kier alpha value is -3.98. The highest BCUT2D eigenvalue weighted by Gasteiger charge is 2.33. The standard InChI is InChI=1S/C25H26N2O7/c1-30-13-12-27-23(26-19-7-5-4-6-18(19)24(27)28)16-8-10-20(22(14-16)31-2)33-15-17-9-11-21(34-17)25(29)32-3/h4-11,14,23,26H,12-13,15H2,1-3H3. The predicted molar refractivity (Wildman–Crippen MR) is 123 cm³/mol. The molecule has 9 nitrogen and oxygen atoms in total. The van der Waals surface area contributed by atoms with Gasteiger partial charge in [-0.05, 0) is 42.0 Å². The molecule has 0 spiro atoms. The topological polar surface area (TPSA) is 99.5 Å². The normalized spacial score (nSPS) is 14.9. The number of rotatable bonds is 9. The summed E-state index contributed by atoms with van der Waals surface area (Å²) in [5.41, 5.74) is 2.21. The number of furan rings is 1. The molecule has 0 fully saturated rings. The first kappa shape index (κ1) is 23.2. The third kappa shape index (κ3) is 4.69. The number of carbonyl (C=O) groups is 2. The van der Waals surface area contributed by atoms with Gasteiger partial charge in [-0.25, -0.2) is 4.79 Å². The van der Waals surface area contributed by atoms with Gasteiger partial charge in [0.1, 0.15) is 18.5 Å². The van der Waals surface area contributed by atoms with Gasteiger partial charge in [0.2, 0.25) is 5.76 Å². The molecule has 1 aliphatic heterocycles. The van der Waals surface area contributed by atoms with E-state index in [9.17, 15) is 9.59 Å². The van der Waals surface area contributed by atoms with Crippen LogP contribution in [0.4, 0.5) is 5.69 Å². The van der Waals surface area contributed by atoms with Crippen LogP contribution >= 0.6 is 0 Å². The van der Waals surface area contributed by atoms with E-state index in [0.717, 1.165) is 11.3 Å².